The van der Waals surface area contributed by atoms with Crippen LogP contribution >= 0.6 is 11.6 Å². The van der Waals surface area contributed by atoms with Crippen molar-refractivity contribution in [3.05, 3.63) is 82.9 Å². The van der Waals surface area contributed by atoms with E-state index in [9.17, 15) is 14.7 Å². The number of benzene rings is 3. The SMILES string of the molecule is CCCc1cc(Oc2ccc(Cl)cc2)ccc1Oc1cccc(CC(C)(O)C(=O)NC=O)c1. The first-order valence-corrected chi connectivity index (χ1v) is 11.0. The standard InChI is InChI=1S/C26H26ClNO5/c1-3-5-19-15-23(32-21-10-8-20(27)9-11-21)12-13-24(19)33-22-7-4-6-18(14-22)16-26(2,31)25(30)28-17-29/h4,6-15,17,31H,3,5,16H2,1-2H3,(H,28,29,30). The van der Waals surface area contributed by atoms with Crippen LogP contribution in [-0.2, 0) is 22.4 Å². The van der Waals surface area contributed by atoms with E-state index >= 15 is 0 Å². The van der Waals surface area contributed by atoms with Gasteiger partial charge in [-0.2, -0.15) is 0 Å². The molecular weight excluding hydrogens is 442 g/mol. The molecule has 1 unspecified atom stereocenters. The topological polar surface area (TPSA) is 84.9 Å². The molecule has 0 aliphatic carbocycles. The Kier molecular flexibility index (Phi) is 8.09. The number of carbonyl (C=O) groups excluding carboxylic acids is 2. The lowest BCUT2D eigenvalue weighted by atomic mass is 9.95. The van der Waals surface area contributed by atoms with E-state index in [0.717, 1.165) is 18.4 Å². The van der Waals surface area contributed by atoms with Crippen molar-refractivity contribution in [2.24, 2.45) is 0 Å². The van der Waals surface area contributed by atoms with Crippen molar-refractivity contribution < 1.29 is 24.2 Å². The molecule has 0 fully saturated rings. The Bertz CT molecular complexity index is 1110. The maximum absolute atomic E-state index is 11.9. The van der Waals surface area contributed by atoms with Gasteiger partial charge in [-0.1, -0.05) is 37.1 Å². The molecular formula is C26H26ClNO5. The summed E-state index contributed by atoms with van der Waals surface area (Å²) in [5.74, 6) is 1.89. The molecule has 172 valence electrons. The third kappa shape index (κ3) is 6.81. The van der Waals surface area contributed by atoms with E-state index in [-0.39, 0.29) is 12.8 Å². The summed E-state index contributed by atoms with van der Waals surface area (Å²) in [6, 6.07) is 19.9. The Balaban J connectivity index is 1.78. The van der Waals surface area contributed by atoms with Crippen LogP contribution in [0.4, 0.5) is 0 Å². The van der Waals surface area contributed by atoms with E-state index < -0.39 is 11.5 Å². The molecule has 2 amide bonds. The zero-order chi connectivity index (χ0) is 23.8. The number of imide groups is 1. The zero-order valence-electron chi connectivity index (χ0n) is 18.5. The number of amides is 2. The lowest BCUT2D eigenvalue weighted by molar-refractivity contribution is -0.139. The zero-order valence-corrected chi connectivity index (χ0v) is 19.3. The fourth-order valence-corrected chi connectivity index (χ4v) is 3.48. The number of hydrogen-bond donors (Lipinski definition) is 2. The first-order valence-electron chi connectivity index (χ1n) is 10.6. The third-order valence-electron chi connectivity index (χ3n) is 4.95. The Morgan fingerprint density at radius 1 is 1.03 bits per heavy atom. The van der Waals surface area contributed by atoms with Crippen LogP contribution in [-0.4, -0.2) is 23.0 Å². The second-order valence-electron chi connectivity index (χ2n) is 7.87. The first-order chi connectivity index (χ1) is 15.8. The summed E-state index contributed by atoms with van der Waals surface area (Å²) < 4.78 is 12.1. The van der Waals surface area contributed by atoms with Crippen LogP contribution < -0.4 is 14.8 Å². The Morgan fingerprint density at radius 2 is 1.73 bits per heavy atom. The minimum absolute atomic E-state index is 0.0273. The van der Waals surface area contributed by atoms with E-state index in [1.807, 2.05) is 35.6 Å². The number of rotatable bonds is 10. The van der Waals surface area contributed by atoms with Crippen LogP contribution in [0.15, 0.2) is 66.7 Å². The lowest BCUT2D eigenvalue weighted by Crippen LogP contribution is -2.45. The van der Waals surface area contributed by atoms with Crippen LogP contribution in [0.2, 0.25) is 5.02 Å². The molecule has 0 saturated heterocycles. The van der Waals surface area contributed by atoms with Crippen molar-refractivity contribution in [3.63, 3.8) is 0 Å². The molecule has 0 spiro atoms. The van der Waals surface area contributed by atoms with Crippen molar-refractivity contribution in [1.29, 1.82) is 0 Å². The highest BCUT2D eigenvalue weighted by Crippen LogP contribution is 2.32. The number of carbonyl (C=O) groups is 2. The second kappa shape index (κ2) is 11.0. The average molecular weight is 468 g/mol. The predicted octanol–water partition coefficient (Wildman–Crippen LogP) is 5.44. The fraction of sp³-hybridized carbons (Fsp3) is 0.231. The molecule has 3 aromatic rings. The second-order valence-corrected chi connectivity index (χ2v) is 8.30. The van der Waals surface area contributed by atoms with Gasteiger partial charge in [0.05, 0.1) is 0 Å². The molecule has 33 heavy (non-hydrogen) atoms. The van der Waals surface area contributed by atoms with Gasteiger partial charge in [-0.15, -0.1) is 0 Å². The van der Waals surface area contributed by atoms with Crippen molar-refractivity contribution in [2.75, 3.05) is 0 Å². The molecule has 0 aromatic heterocycles. The first kappa shape index (κ1) is 24.3. The van der Waals surface area contributed by atoms with Gasteiger partial charge in [0.2, 0.25) is 6.41 Å². The Morgan fingerprint density at radius 3 is 2.42 bits per heavy atom. The summed E-state index contributed by atoms with van der Waals surface area (Å²) in [5.41, 5.74) is -0.0434. The average Bonchev–Trinajstić information content (AvgIpc) is 2.77. The molecule has 0 aliphatic rings. The molecule has 6 nitrogen and oxygen atoms in total. The minimum Gasteiger partial charge on any atom is -0.457 e. The van der Waals surface area contributed by atoms with Crippen LogP contribution in [0.25, 0.3) is 0 Å². The summed E-state index contributed by atoms with van der Waals surface area (Å²) in [7, 11) is 0. The minimum atomic E-state index is -1.73. The fourth-order valence-electron chi connectivity index (χ4n) is 3.35. The summed E-state index contributed by atoms with van der Waals surface area (Å²) in [4.78, 5) is 22.4. The van der Waals surface area contributed by atoms with E-state index in [1.54, 1.807) is 36.4 Å². The van der Waals surface area contributed by atoms with Crippen molar-refractivity contribution >= 4 is 23.9 Å². The van der Waals surface area contributed by atoms with Gasteiger partial charge in [-0.05, 0) is 79.1 Å². The van der Waals surface area contributed by atoms with Crippen LogP contribution in [0.5, 0.6) is 23.0 Å². The molecule has 0 aliphatic heterocycles. The number of hydrogen-bond acceptors (Lipinski definition) is 5. The molecule has 0 heterocycles. The lowest BCUT2D eigenvalue weighted by Gasteiger charge is -2.21. The van der Waals surface area contributed by atoms with Gasteiger partial charge in [0.25, 0.3) is 5.91 Å². The molecule has 2 N–H and O–H groups in total. The number of halogens is 1. The van der Waals surface area contributed by atoms with Crippen LogP contribution in [0.1, 0.15) is 31.4 Å². The van der Waals surface area contributed by atoms with Gasteiger partial charge in [0.1, 0.15) is 28.6 Å². The predicted molar refractivity (Wildman–Crippen MR) is 127 cm³/mol. The number of ether oxygens (including phenoxy) is 2. The number of nitrogens with one attached hydrogen (secondary N) is 1. The molecule has 0 radical (unpaired) electrons. The van der Waals surface area contributed by atoms with E-state index in [1.165, 1.54) is 6.92 Å². The number of aliphatic hydroxyl groups is 1. The summed E-state index contributed by atoms with van der Waals surface area (Å²) >= 11 is 5.94. The van der Waals surface area contributed by atoms with E-state index in [2.05, 4.69) is 6.92 Å². The largest absolute Gasteiger partial charge is 0.457 e. The molecule has 3 aromatic carbocycles. The highest BCUT2D eigenvalue weighted by Gasteiger charge is 2.30. The highest BCUT2D eigenvalue weighted by atomic mass is 35.5. The summed E-state index contributed by atoms with van der Waals surface area (Å²) in [6.45, 7) is 3.45. The molecule has 3 rings (SSSR count). The maximum Gasteiger partial charge on any atom is 0.258 e. The van der Waals surface area contributed by atoms with Gasteiger partial charge >= 0.3 is 0 Å². The monoisotopic (exact) mass is 467 g/mol. The normalized spacial score (nSPS) is 12.5. The smallest absolute Gasteiger partial charge is 0.258 e. The van der Waals surface area contributed by atoms with Crippen LogP contribution in [0, 0.1) is 0 Å². The van der Waals surface area contributed by atoms with E-state index in [0.29, 0.717) is 33.6 Å². The molecule has 0 saturated carbocycles. The quantitative estimate of drug-likeness (QED) is 0.387. The highest BCUT2D eigenvalue weighted by molar-refractivity contribution is 6.30. The van der Waals surface area contributed by atoms with Gasteiger partial charge in [0, 0.05) is 11.4 Å². The maximum atomic E-state index is 11.9. The molecule has 7 heteroatoms. The molecule has 1 atom stereocenters. The Labute approximate surface area is 198 Å². The summed E-state index contributed by atoms with van der Waals surface area (Å²) in [6.07, 6.45) is 2.01. The van der Waals surface area contributed by atoms with Crippen molar-refractivity contribution in [2.45, 2.75) is 38.7 Å². The number of aryl methyl sites for hydroxylation is 1. The third-order valence-corrected chi connectivity index (χ3v) is 5.21. The molecule has 0 bridgehead atoms. The van der Waals surface area contributed by atoms with Gasteiger partial charge in [-0.3, -0.25) is 14.9 Å². The van der Waals surface area contributed by atoms with Crippen molar-refractivity contribution in [3.8, 4) is 23.0 Å². The summed E-state index contributed by atoms with van der Waals surface area (Å²) in [5, 5.41) is 13.0. The van der Waals surface area contributed by atoms with E-state index in [4.69, 9.17) is 21.1 Å². The van der Waals surface area contributed by atoms with Gasteiger partial charge in [0.15, 0.2) is 0 Å². The Hall–Kier alpha value is -3.35. The van der Waals surface area contributed by atoms with Crippen LogP contribution in [0.3, 0.4) is 0 Å². The van der Waals surface area contributed by atoms with Gasteiger partial charge in [-0.25, -0.2) is 0 Å². The van der Waals surface area contributed by atoms with Gasteiger partial charge < -0.3 is 14.6 Å². The van der Waals surface area contributed by atoms with Crippen molar-refractivity contribution in [1.82, 2.24) is 5.32 Å².